The number of hydrogen-bond acceptors (Lipinski definition) is 7. The highest BCUT2D eigenvalue weighted by Crippen LogP contribution is 2.39. The lowest BCUT2D eigenvalue weighted by atomic mass is 10.1. The quantitative estimate of drug-likeness (QED) is 0.322. The number of hydrogen-bond donors (Lipinski definition) is 1. The van der Waals surface area contributed by atoms with E-state index >= 15 is 0 Å². The van der Waals surface area contributed by atoms with E-state index in [0.29, 0.717) is 42.6 Å². The van der Waals surface area contributed by atoms with E-state index < -0.39 is 17.1 Å². The zero-order chi connectivity index (χ0) is 23.5. The molecule has 0 spiro atoms. The van der Waals surface area contributed by atoms with E-state index in [-0.39, 0.29) is 12.2 Å². The summed E-state index contributed by atoms with van der Waals surface area (Å²) >= 11 is -0.00866. The topological polar surface area (TPSA) is 107 Å². The van der Waals surface area contributed by atoms with Crippen LogP contribution in [0.15, 0.2) is 70.4 Å². The van der Waals surface area contributed by atoms with Gasteiger partial charge in [-0.3, -0.25) is 9.36 Å². The number of ether oxygens (including phenoxy) is 1. The summed E-state index contributed by atoms with van der Waals surface area (Å²) in [5, 5.41) is 13.3. The molecular formula is C24H19N3O4S2. The molecule has 166 valence electrons. The first-order chi connectivity index (χ1) is 15.9. The molecule has 0 aliphatic heterocycles. The minimum absolute atomic E-state index is 0.198. The number of carbonyl (C=O) groups is 1. The van der Waals surface area contributed by atoms with Gasteiger partial charge in [0.15, 0.2) is 4.90 Å². The average molecular weight is 478 g/mol. The Balaban J connectivity index is 1.94. The van der Waals surface area contributed by atoms with Gasteiger partial charge in [0.05, 0.1) is 29.2 Å². The number of thiophene rings is 1. The molecule has 7 nitrogen and oxygen atoms in total. The van der Waals surface area contributed by atoms with Crippen molar-refractivity contribution in [3.8, 4) is 11.8 Å². The van der Waals surface area contributed by atoms with E-state index in [2.05, 4.69) is 11.4 Å². The van der Waals surface area contributed by atoms with Gasteiger partial charge in [-0.05, 0) is 60.6 Å². The molecule has 2 heterocycles. The van der Waals surface area contributed by atoms with Crippen molar-refractivity contribution in [2.75, 3.05) is 18.2 Å². The number of nitrogens with zero attached hydrogens (tertiary/aromatic N) is 2. The van der Waals surface area contributed by atoms with Gasteiger partial charge in [0.1, 0.15) is 22.0 Å². The number of aromatic nitrogens is 1. The molecule has 0 fully saturated rings. The lowest BCUT2D eigenvalue weighted by Crippen LogP contribution is -2.16. The summed E-state index contributed by atoms with van der Waals surface area (Å²) in [6.45, 7) is 1.92. The molecule has 33 heavy (non-hydrogen) atoms. The Bertz CT molecular complexity index is 1430. The Hall–Kier alpha value is -3.58. The third kappa shape index (κ3) is 4.36. The van der Waals surface area contributed by atoms with Gasteiger partial charge in [-0.1, -0.05) is 12.1 Å². The minimum Gasteiger partial charge on any atom is -0.612 e. The Labute approximate surface area is 197 Å². The molecule has 9 heteroatoms. The van der Waals surface area contributed by atoms with Crippen molar-refractivity contribution in [3.05, 3.63) is 81.5 Å². The lowest BCUT2D eigenvalue weighted by molar-refractivity contribution is 0.0533. The molecular weight excluding hydrogens is 458 g/mol. The second-order valence-corrected chi connectivity index (χ2v) is 9.36. The number of nitrogens with one attached hydrogen (secondary N) is 1. The largest absolute Gasteiger partial charge is 0.612 e. The summed E-state index contributed by atoms with van der Waals surface area (Å²) in [6, 6.07) is 19.0. The number of nitriles is 1. The highest BCUT2D eigenvalue weighted by atomic mass is 32.2. The maximum absolute atomic E-state index is 12.9. The molecule has 2 aromatic heterocycles. The summed E-state index contributed by atoms with van der Waals surface area (Å²) in [4.78, 5) is 27.1. The van der Waals surface area contributed by atoms with Gasteiger partial charge in [0, 0.05) is 11.5 Å². The van der Waals surface area contributed by atoms with Crippen molar-refractivity contribution >= 4 is 50.1 Å². The highest BCUT2D eigenvalue weighted by Gasteiger charge is 2.23. The predicted molar refractivity (Wildman–Crippen MR) is 130 cm³/mol. The van der Waals surface area contributed by atoms with E-state index in [1.807, 2.05) is 0 Å². The number of fused-ring (bicyclic) bond motifs is 1. The van der Waals surface area contributed by atoms with Gasteiger partial charge < -0.3 is 14.6 Å². The maximum atomic E-state index is 12.9. The number of rotatable bonds is 6. The van der Waals surface area contributed by atoms with Crippen molar-refractivity contribution in [1.29, 1.82) is 5.26 Å². The van der Waals surface area contributed by atoms with Crippen molar-refractivity contribution in [2.24, 2.45) is 0 Å². The standard InChI is InChI=1S/C24H19N3O4S2/c1-3-31-24(29)22-21(26-19-7-5-4-6-15(19)14-25)18-12-13-20(28)27(23(18)32-22)16-8-10-17(11-9-16)33(2)30/h4-13,26H,3H2,1-2H3. The van der Waals surface area contributed by atoms with Gasteiger partial charge in [0.2, 0.25) is 0 Å². The van der Waals surface area contributed by atoms with Crippen LogP contribution in [0.25, 0.3) is 15.9 Å². The molecule has 1 N–H and O–H groups in total. The van der Waals surface area contributed by atoms with Gasteiger partial charge >= 0.3 is 5.97 Å². The van der Waals surface area contributed by atoms with E-state index in [9.17, 15) is 19.4 Å². The van der Waals surface area contributed by atoms with Crippen molar-refractivity contribution in [3.63, 3.8) is 0 Å². The first kappa shape index (κ1) is 22.6. The van der Waals surface area contributed by atoms with Crippen molar-refractivity contribution in [2.45, 2.75) is 11.8 Å². The molecule has 2 aromatic carbocycles. The number of anilines is 2. The first-order valence-electron chi connectivity index (χ1n) is 10.00. The van der Waals surface area contributed by atoms with Crippen LogP contribution < -0.4 is 10.9 Å². The van der Waals surface area contributed by atoms with Crippen LogP contribution in [0.4, 0.5) is 11.4 Å². The van der Waals surface area contributed by atoms with Crippen LogP contribution in [0.3, 0.4) is 0 Å². The Morgan fingerprint density at radius 3 is 2.58 bits per heavy atom. The molecule has 0 bridgehead atoms. The third-order valence-electron chi connectivity index (χ3n) is 4.94. The zero-order valence-corrected chi connectivity index (χ0v) is 19.5. The van der Waals surface area contributed by atoms with Crippen LogP contribution in [0.2, 0.25) is 0 Å². The Morgan fingerprint density at radius 2 is 1.91 bits per heavy atom. The molecule has 0 saturated carbocycles. The van der Waals surface area contributed by atoms with Crippen molar-refractivity contribution < 1.29 is 14.1 Å². The SMILES string of the molecule is CCOC(=O)c1sc2c(ccc(=O)n2-c2ccc([S+](C)[O-])cc2)c1Nc1ccccc1C#N. The lowest BCUT2D eigenvalue weighted by Gasteiger charge is -2.11. The molecule has 4 rings (SSSR count). The van der Waals surface area contributed by atoms with E-state index in [1.165, 1.54) is 10.6 Å². The molecule has 0 saturated heterocycles. The van der Waals surface area contributed by atoms with Gasteiger partial charge in [-0.25, -0.2) is 4.79 Å². The van der Waals surface area contributed by atoms with Crippen molar-refractivity contribution in [1.82, 2.24) is 4.57 Å². The van der Waals surface area contributed by atoms with Crippen LogP contribution in [0.1, 0.15) is 22.2 Å². The monoisotopic (exact) mass is 477 g/mol. The zero-order valence-electron chi connectivity index (χ0n) is 17.8. The number of benzene rings is 2. The first-order valence-corrected chi connectivity index (χ1v) is 12.4. The molecule has 0 radical (unpaired) electrons. The van der Waals surface area contributed by atoms with E-state index in [4.69, 9.17) is 4.74 Å². The molecule has 1 atom stereocenters. The van der Waals surface area contributed by atoms with Crippen LogP contribution in [-0.4, -0.2) is 28.0 Å². The fraction of sp³-hybridized carbons (Fsp3) is 0.125. The molecule has 1 unspecified atom stereocenters. The normalized spacial score (nSPS) is 11.7. The number of carbonyl (C=O) groups excluding carboxylic acids is 1. The van der Waals surface area contributed by atoms with Gasteiger partial charge in [-0.15, -0.1) is 11.3 Å². The summed E-state index contributed by atoms with van der Waals surface area (Å²) in [7, 11) is 0. The van der Waals surface area contributed by atoms with Gasteiger partial charge in [0.25, 0.3) is 5.56 Å². The fourth-order valence-electron chi connectivity index (χ4n) is 3.40. The minimum atomic E-state index is -1.14. The smallest absolute Gasteiger partial charge is 0.350 e. The molecule has 0 aliphatic carbocycles. The Kier molecular flexibility index (Phi) is 6.51. The Morgan fingerprint density at radius 1 is 1.18 bits per heavy atom. The van der Waals surface area contributed by atoms with Crippen LogP contribution >= 0.6 is 11.3 Å². The van der Waals surface area contributed by atoms with Crippen LogP contribution in [0.5, 0.6) is 0 Å². The molecule has 0 amide bonds. The van der Waals surface area contributed by atoms with Gasteiger partial charge in [-0.2, -0.15) is 5.26 Å². The van der Waals surface area contributed by atoms with Crippen LogP contribution in [-0.2, 0) is 15.9 Å². The summed E-state index contributed by atoms with van der Waals surface area (Å²) in [6.07, 6.45) is 1.59. The number of esters is 1. The summed E-state index contributed by atoms with van der Waals surface area (Å²) in [5.74, 6) is -0.522. The second-order valence-electron chi connectivity index (χ2n) is 6.98. The second kappa shape index (κ2) is 9.50. The molecule has 4 aromatic rings. The highest BCUT2D eigenvalue weighted by molar-refractivity contribution is 7.90. The number of pyridine rings is 1. The van der Waals surface area contributed by atoms with E-state index in [1.54, 1.807) is 67.8 Å². The fourth-order valence-corrected chi connectivity index (χ4v) is 5.09. The third-order valence-corrected chi connectivity index (χ3v) is 7.04. The summed E-state index contributed by atoms with van der Waals surface area (Å²) in [5.41, 5.74) is 1.74. The maximum Gasteiger partial charge on any atom is 0.350 e. The average Bonchev–Trinajstić information content (AvgIpc) is 3.18. The van der Waals surface area contributed by atoms with E-state index in [0.717, 1.165) is 11.3 Å². The van der Waals surface area contributed by atoms with Crippen LogP contribution in [0, 0.1) is 11.3 Å². The predicted octanol–water partition coefficient (Wildman–Crippen LogP) is 4.58. The summed E-state index contributed by atoms with van der Waals surface area (Å²) < 4.78 is 18.5. The number of para-hydroxylation sites is 1. The molecule has 0 aliphatic rings.